The second kappa shape index (κ2) is 5.83. The van der Waals surface area contributed by atoms with Gasteiger partial charge in [-0.1, -0.05) is 28.1 Å². The standard InChI is InChI=1S/C16H19BrN2O/c1-16(2,3)19-15(20)10-18-14-7-5-11-8-13(17)6-4-12(11)9-14/h4-9,18H,10H2,1-3H3,(H,19,20). The summed E-state index contributed by atoms with van der Waals surface area (Å²) in [5.41, 5.74) is 0.748. The van der Waals surface area contributed by atoms with Crippen LogP contribution < -0.4 is 10.6 Å². The molecule has 0 radical (unpaired) electrons. The minimum atomic E-state index is -0.200. The molecule has 0 aliphatic rings. The molecule has 4 heteroatoms. The van der Waals surface area contributed by atoms with E-state index >= 15 is 0 Å². The smallest absolute Gasteiger partial charge is 0.239 e. The van der Waals surface area contributed by atoms with E-state index in [-0.39, 0.29) is 18.0 Å². The molecule has 2 aromatic carbocycles. The maximum atomic E-state index is 11.8. The molecule has 0 unspecified atom stereocenters. The number of fused-ring (bicyclic) bond motifs is 1. The molecule has 2 N–H and O–H groups in total. The third kappa shape index (κ3) is 4.23. The van der Waals surface area contributed by atoms with Crippen LogP contribution >= 0.6 is 15.9 Å². The van der Waals surface area contributed by atoms with Crippen LogP contribution in [0.15, 0.2) is 40.9 Å². The minimum absolute atomic E-state index is 0.00611. The van der Waals surface area contributed by atoms with Gasteiger partial charge < -0.3 is 10.6 Å². The van der Waals surface area contributed by atoms with Gasteiger partial charge in [-0.15, -0.1) is 0 Å². The number of carbonyl (C=O) groups excluding carboxylic acids is 1. The molecule has 0 aliphatic heterocycles. The van der Waals surface area contributed by atoms with Gasteiger partial charge in [0, 0.05) is 15.7 Å². The average molecular weight is 335 g/mol. The van der Waals surface area contributed by atoms with Crippen molar-refractivity contribution in [2.75, 3.05) is 11.9 Å². The van der Waals surface area contributed by atoms with E-state index in [0.29, 0.717) is 0 Å². The minimum Gasteiger partial charge on any atom is -0.376 e. The largest absolute Gasteiger partial charge is 0.376 e. The number of carbonyl (C=O) groups is 1. The molecule has 0 atom stereocenters. The number of hydrogen-bond donors (Lipinski definition) is 2. The quantitative estimate of drug-likeness (QED) is 0.892. The fraction of sp³-hybridized carbons (Fsp3) is 0.312. The molecule has 0 spiro atoms. The number of nitrogens with one attached hydrogen (secondary N) is 2. The first-order valence-corrected chi connectivity index (χ1v) is 7.37. The summed E-state index contributed by atoms with van der Waals surface area (Å²) in [6.07, 6.45) is 0. The number of benzene rings is 2. The summed E-state index contributed by atoms with van der Waals surface area (Å²) in [4.78, 5) is 11.8. The SMILES string of the molecule is CC(C)(C)NC(=O)CNc1ccc2cc(Br)ccc2c1. The maximum absolute atomic E-state index is 11.8. The predicted molar refractivity (Wildman–Crippen MR) is 88.0 cm³/mol. The Morgan fingerprint density at radius 1 is 1.10 bits per heavy atom. The monoisotopic (exact) mass is 334 g/mol. The highest BCUT2D eigenvalue weighted by molar-refractivity contribution is 9.10. The van der Waals surface area contributed by atoms with Gasteiger partial charge in [0.25, 0.3) is 0 Å². The van der Waals surface area contributed by atoms with E-state index in [1.807, 2.05) is 45.0 Å². The second-order valence-electron chi connectivity index (χ2n) is 5.86. The van der Waals surface area contributed by atoms with Crippen LogP contribution in [0.4, 0.5) is 5.69 Å². The zero-order valence-corrected chi connectivity index (χ0v) is 13.5. The summed E-state index contributed by atoms with van der Waals surface area (Å²) >= 11 is 3.46. The van der Waals surface area contributed by atoms with E-state index in [0.717, 1.165) is 15.5 Å². The summed E-state index contributed by atoms with van der Waals surface area (Å²) in [5, 5.41) is 8.39. The molecular formula is C16H19BrN2O. The van der Waals surface area contributed by atoms with Crippen molar-refractivity contribution in [2.45, 2.75) is 26.3 Å². The highest BCUT2D eigenvalue weighted by Gasteiger charge is 2.13. The Balaban J connectivity index is 2.03. The summed E-state index contributed by atoms with van der Waals surface area (Å²) < 4.78 is 1.07. The normalized spacial score (nSPS) is 11.4. The van der Waals surface area contributed by atoms with Gasteiger partial charge in [-0.25, -0.2) is 0 Å². The summed E-state index contributed by atoms with van der Waals surface area (Å²) in [6, 6.07) is 12.2. The molecule has 2 aromatic rings. The van der Waals surface area contributed by atoms with E-state index in [2.05, 4.69) is 38.7 Å². The first kappa shape index (κ1) is 14.9. The number of anilines is 1. The Bertz CT molecular complexity index is 632. The van der Waals surface area contributed by atoms with Crippen molar-refractivity contribution in [1.82, 2.24) is 5.32 Å². The van der Waals surface area contributed by atoms with Crippen LogP contribution in [0.2, 0.25) is 0 Å². The lowest BCUT2D eigenvalue weighted by atomic mass is 10.1. The molecule has 0 heterocycles. The van der Waals surface area contributed by atoms with Crippen molar-refractivity contribution in [2.24, 2.45) is 0 Å². The summed E-state index contributed by atoms with van der Waals surface area (Å²) in [6.45, 7) is 6.19. The number of rotatable bonds is 3. The summed E-state index contributed by atoms with van der Waals surface area (Å²) in [5.74, 6) is -0.00611. The van der Waals surface area contributed by atoms with Gasteiger partial charge in [0.05, 0.1) is 6.54 Å². The van der Waals surface area contributed by atoms with Crippen molar-refractivity contribution in [3.8, 4) is 0 Å². The number of halogens is 1. The molecule has 3 nitrogen and oxygen atoms in total. The molecule has 0 saturated heterocycles. The van der Waals surface area contributed by atoms with Gasteiger partial charge in [0.1, 0.15) is 0 Å². The molecule has 106 valence electrons. The van der Waals surface area contributed by atoms with Crippen LogP contribution in [0.3, 0.4) is 0 Å². The van der Waals surface area contributed by atoms with Crippen molar-refractivity contribution in [3.63, 3.8) is 0 Å². The molecule has 0 aliphatic carbocycles. The zero-order valence-electron chi connectivity index (χ0n) is 12.0. The first-order valence-electron chi connectivity index (χ1n) is 6.58. The molecule has 2 rings (SSSR count). The highest BCUT2D eigenvalue weighted by atomic mass is 79.9. The second-order valence-corrected chi connectivity index (χ2v) is 6.77. The van der Waals surface area contributed by atoms with Gasteiger partial charge in [-0.3, -0.25) is 4.79 Å². The van der Waals surface area contributed by atoms with Gasteiger partial charge >= 0.3 is 0 Å². The number of hydrogen-bond acceptors (Lipinski definition) is 2. The Kier molecular flexibility index (Phi) is 4.33. The lowest BCUT2D eigenvalue weighted by molar-refractivity contribution is -0.120. The van der Waals surface area contributed by atoms with E-state index in [4.69, 9.17) is 0 Å². The third-order valence-corrected chi connectivity index (χ3v) is 3.26. The zero-order chi connectivity index (χ0) is 14.8. The highest BCUT2D eigenvalue weighted by Crippen LogP contribution is 2.22. The van der Waals surface area contributed by atoms with Gasteiger partial charge in [0.15, 0.2) is 0 Å². The van der Waals surface area contributed by atoms with Crippen LogP contribution in [0.5, 0.6) is 0 Å². The topological polar surface area (TPSA) is 41.1 Å². The molecule has 1 amide bonds. The number of amides is 1. The lowest BCUT2D eigenvalue weighted by Crippen LogP contribution is -2.43. The van der Waals surface area contributed by atoms with E-state index in [1.165, 1.54) is 5.39 Å². The lowest BCUT2D eigenvalue weighted by Gasteiger charge is -2.20. The van der Waals surface area contributed by atoms with Crippen molar-refractivity contribution < 1.29 is 4.79 Å². The van der Waals surface area contributed by atoms with Gasteiger partial charge in [-0.2, -0.15) is 0 Å². The average Bonchev–Trinajstić information content (AvgIpc) is 2.34. The van der Waals surface area contributed by atoms with Crippen molar-refractivity contribution in [1.29, 1.82) is 0 Å². The van der Waals surface area contributed by atoms with Crippen LogP contribution in [-0.2, 0) is 4.79 Å². The fourth-order valence-corrected chi connectivity index (χ4v) is 2.35. The Morgan fingerprint density at radius 3 is 2.45 bits per heavy atom. The predicted octanol–water partition coefficient (Wildman–Crippen LogP) is 3.93. The summed E-state index contributed by atoms with van der Waals surface area (Å²) in [7, 11) is 0. The molecular weight excluding hydrogens is 316 g/mol. The Labute approximate surface area is 127 Å². The van der Waals surface area contributed by atoms with Crippen LogP contribution in [0, 0.1) is 0 Å². The van der Waals surface area contributed by atoms with Crippen molar-refractivity contribution >= 4 is 38.3 Å². The van der Waals surface area contributed by atoms with Crippen LogP contribution in [0.1, 0.15) is 20.8 Å². The molecule has 0 saturated carbocycles. The molecule has 0 aromatic heterocycles. The van der Waals surface area contributed by atoms with E-state index < -0.39 is 0 Å². The Morgan fingerprint density at radius 2 is 1.75 bits per heavy atom. The molecule has 0 bridgehead atoms. The Hall–Kier alpha value is -1.55. The van der Waals surface area contributed by atoms with E-state index in [9.17, 15) is 4.79 Å². The van der Waals surface area contributed by atoms with Gasteiger partial charge in [-0.05, 0) is 55.8 Å². The van der Waals surface area contributed by atoms with Crippen LogP contribution in [-0.4, -0.2) is 18.0 Å². The van der Waals surface area contributed by atoms with Crippen molar-refractivity contribution in [3.05, 3.63) is 40.9 Å². The molecule has 0 fully saturated rings. The van der Waals surface area contributed by atoms with Gasteiger partial charge in [0.2, 0.25) is 5.91 Å². The van der Waals surface area contributed by atoms with E-state index in [1.54, 1.807) is 0 Å². The fourth-order valence-electron chi connectivity index (χ4n) is 1.97. The first-order chi connectivity index (χ1) is 9.33. The molecule has 20 heavy (non-hydrogen) atoms. The maximum Gasteiger partial charge on any atom is 0.239 e. The third-order valence-electron chi connectivity index (χ3n) is 2.77. The van der Waals surface area contributed by atoms with Crippen LogP contribution in [0.25, 0.3) is 10.8 Å².